The summed E-state index contributed by atoms with van der Waals surface area (Å²) in [5, 5.41) is 13.3. The average Bonchev–Trinajstić information content (AvgIpc) is 3.17. The van der Waals surface area contributed by atoms with E-state index in [1.54, 1.807) is 0 Å². The van der Waals surface area contributed by atoms with E-state index in [2.05, 4.69) is 21.2 Å². The Hall–Kier alpha value is -1.96. The Bertz CT molecular complexity index is 708. The summed E-state index contributed by atoms with van der Waals surface area (Å²) < 4.78 is 5.46. The lowest BCUT2D eigenvalue weighted by molar-refractivity contribution is -0.384. The van der Waals surface area contributed by atoms with Crippen molar-refractivity contribution in [1.82, 2.24) is 0 Å². The minimum absolute atomic E-state index is 0.0813. The van der Waals surface area contributed by atoms with Crippen molar-refractivity contribution in [2.45, 2.75) is 32.1 Å². The number of nitrogens with one attached hydrogen (secondary N) is 1. The number of carbonyl (C=O) groups excluding carboxylic acids is 2. The van der Waals surface area contributed by atoms with Gasteiger partial charge >= 0.3 is 5.97 Å². The summed E-state index contributed by atoms with van der Waals surface area (Å²) in [6.07, 6.45) is 5.20. The molecule has 2 bridgehead atoms. The van der Waals surface area contributed by atoms with Crippen LogP contribution < -0.4 is 5.32 Å². The number of hydrogen-bond acceptors (Lipinski definition) is 5. The van der Waals surface area contributed by atoms with E-state index in [1.807, 2.05) is 0 Å². The molecular formula is C17H19BrN2O5. The fourth-order valence-corrected chi connectivity index (χ4v) is 4.42. The van der Waals surface area contributed by atoms with Crippen LogP contribution in [0.25, 0.3) is 0 Å². The molecule has 3 atom stereocenters. The molecule has 1 N–H and O–H groups in total. The number of anilines is 1. The van der Waals surface area contributed by atoms with Crippen molar-refractivity contribution in [3.63, 3.8) is 0 Å². The van der Waals surface area contributed by atoms with E-state index < -0.39 is 10.8 Å². The molecule has 1 amide bonds. The third kappa shape index (κ3) is 4.36. The zero-order valence-corrected chi connectivity index (χ0v) is 15.2. The minimum Gasteiger partial charge on any atom is -0.456 e. The molecule has 2 aliphatic carbocycles. The third-order valence-corrected chi connectivity index (χ3v) is 5.77. The smallest absolute Gasteiger partial charge is 0.306 e. The Balaban J connectivity index is 1.45. The van der Waals surface area contributed by atoms with Crippen LogP contribution in [0.5, 0.6) is 0 Å². The normalized spacial score (nSPS) is 24.1. The minimum atomic E-state index is -0.520. The van der Waals surface area contributed by atoms with Crippen molar-refractivity contribution in [3.05, 3.63) is 32.8 Å². The largest absolute Gasteiger partial charge is 0.456 e. The predicted molar refractivity (Wildman–Crippen MR) is 93.9 cm³/mol. The number of halogens is 1. The van der Waals surface area contributed by atoms with Gasteiger partial charge in [-0.2, -0.15) is 0 Å². The second-order valence-electron chi connectivity index (χ2n) is 6.77. The van der Waals surface area contributed by atoms with Gasteiger partial charge in [-0.25, -0.2) is 0 Å². The molecule has 0 saturated heterocycles. The van der Waals surface area contributed by atoms with Crippen LogP contribution in [0.15, 0.2) is 22.7 Å². The molecular weight excluding hydrogens is 392 g/mol. The molecule has 25 heavy (non-hydrogen) atoms. The van der Waals surface area contributed by atoms with Crippen molar-refractivity contribution in [3.8, 4) is 0 Å². The lowest BCUT2D eigenvalue weighted by Crippen LogP contribution is -2.23. The molecule has 7 nitrogen and oxygen atoms in total. The maximum absolute atomic E-state index is 11.9. The summed E-state index contributed by atoms with van der Waals surface area (Å²) in [5.41, 5.74) is 0.307. The van der Waals surface area contributed by atoms with Gasteiger partial charge < -0.3 is 10.1 Å². The number of carbonyl (C=O) groups is 2. The third-order valence-electron chi connectivity index (χ3n) is 5.12. The van der Waals surface area contributed by atoms with Crippen molar-refractivity contribution in [1.29, 1.82) is 0 Å². The van der Waals surface area contributed by atoms with E-state index in [1.165, 1.54) is 37.5 Å². The van der Waals surface area contributed by atoms with Crippen LogP contribution in [0.1, 0.15) is 32.1 Å². The van der Waals surface area contributed by atoms with E-state index >= 15 is 0 Å². The molecule has 0 aromatic heterocycles. The van der Waals surface area contributed by atoms with Gasteiger partial charge in [0, 0.05) is 23.0 Å². The zero-order chi connectivity index (χ0) is 18.0. The van der Waals surface area contributed by atoms with E-state index in [0.29, 0.717) is 28.4 Å². The fourth-order valence-electron chi connectivity index (χ4n) is 3.95. The number of nitro groups is 1. The highest BCUT2D eigenvalue weighted by Crippen LogP contribution is 2.49. The van der Waals surface area contributed by atoms with Crippen molar-refractivity contribution in [2.75, 3.05) is 11.9 Å². The van der Waals surface area contributed by atoms with Gasteiger partial charge in [0.05, 0.1) is 10.6 Å². The van der Waals surface area contributed by atoms with E-state index in [4.69, 9.17) is 4.74 Å². The van der Waals surface area contributed by atoms with Crippen LogP contribution >= 0.6 is 15.9 Å². The van der Waals surface area contributed by atoms with Gasteiger partial charge in [0.1, 0.15) is 0 Å². The van der Waals surface area contributed by atoms with Crippen LogP contribution in [0.3, 0.4) is 0 Å². The number of benzene rings is 1. The second-order valence-corrected chi connectivity index (χ2v) is 7.62. The predicted octanol–water partition coefficient (Wildman–Crippen LogP) is 3.67. The monoisotopic (exact) mass is 410 g/mol. The number of nitrogens with zero attached hydrogens (tertiary/aromatic N) is 1. The lowest BCUT2D eigenvalue weighted by atomic mass is 9.86. The molecule has 0 aliphatic heterocycles. The van der Waals surface area contributed by atoms with Gasteiger partial charge in [-0.05, 0) is 59.0 Å². The number of ether oxygens (including phenoxy) is 1. The topological polar surface area (TPSA) is 98.5 Å². The van der Waals surface area contributed by atoms with Gasteiger partial charge in [-0.3, -0.25) is 19.7 Å². The van der Waals surface area contributed by atoms with Crippen LogP contribution in [0.4, 0.5) is 11.4 Å². The zero-order valence-electron chi connectivity index (χ0n) is 13.6. The molecule has 2 saturated carbocycles. The molecule has 0 heterocycles. The van der Waals surface area contributed by atoms with Crippen LogP contribution in [0, 0.1) is 27.9 Å². The quantitative estimate of drug-likeness (QED) is 0.438. The average molecular weight is 411 g/mol. The fraction of sp³-hybridized carbons (Fsp3) is 0.529. The molecule has 3 rings (SSSR count). The first kappa shape index (κ1) is 17.8. The Labute approximate surface area is 153 Å². The molecule has 2 aliphatic rings. The van der Waals surface area contributed by atoms with E-state index in [-0.39, 0.29) is 18.3 Å². The van der Waals surface area contributed by atoms with Crippen molar-refractivity contribution < 1.29 is 19.2 Å². The van der Waals surface area contributed by atoms with Crippen molar-refractivity contribution in [2.24, 2.45) is 17.8 Å². The number of nitro benzene ring substituents is 1. The SMILES string of the molecule is O=C(COC(=O)C[C@H]1C[C@@H]2CC[C@@H]1C2)Nc1ccc([N+](=O)[O-])cc1Br. The number of hydrogen-bond donors (Lipinski definition) is 1. The number of rotatable bonds is 6. The summed E-state index contributed by atoms with van der Waals surface area (Å²) in [7, 11) is 0. The molecule has 0 unspecified atom stereocenters. The van der Waals surface area contributed by atoms with Crippen LogP contribution in [0.2, 0.25) is 0 Å². The maximum atomic E-state index is 11.9. The first-order valence-corrected chi connectivity index (χ1v) is 9.11. The van der Waals surface area contributed by atoms with E-state index in [0.717, 1.165) is 12.3 Å². The summed E-state index contributed by atoms with van der Waals surface area (Å²) in [4.78, 5) is 34.0. The molecule has 8 heteroatoms. The van der Waals surface area contributed by atoms with Crippen LogP contribution in [-0.2, 0) is 14.3 Å². The summed E-state index contributed by atoms with van der Waals surface area (Å²) in [6.45, 7) is -0.358. The first-order valence-electron chi connectivity index (χ1n) is 8.31. The highest BCUT2D eigenvalue weighted by Gasteiger charge is 2.40. The van der Waals surface area contributed by atoms with Gasteiger partial charge in [-0.1, -0.05) is 6.42 Å². The highest BCUT2D eigenvalue weighted by molar-refractivity contribution is 9.10. The molecule has 1 aromatic carbocycles. The Morgan fingerprint density at radius 2 is 2.12 bits per heavy atom. The molecule has 134 valence electrons. The Morgan fingerprint density at radius 1 is 1.32 bits per heavy atom. The molecule has 1 aromatic rings. The summed E-state index contributed by atoms with van der Waals surface area (Å²) >= 11 is 3.17. The highest BCUT2D eigenvalue weighted by atomic mass is 79.9. The number of amides is 1. The number of fused-ring (bicyclic) bond motifs is 2. The molecule has 2 fully saturated rings. The summed E-state index contributed by atoms with van der Waals surface area (Å²) in [6, 6.07) is 4.02. The van der Waals surface area contributed by atoms with Gasteiger partial charge in [0.25, 0.3) is 11.6 Å². The van der Waals surface area contributed by atoms with Gasteiger partial charge in [-0.15, -0.1) is 0 Å². The summed E-state index contributed by atoms with van der Waals surface area (Å²) in [5.74, 6) is 0.998. The number of esters is 1. The van der Waals surface area contributed by atoms with Gasteiger partial charge in [0.2, 0.25) is 0 Å². The van der Waals surface area contributed by atoms with E-state index in [9.17, 15) is 19.7 Å². The number of non-ortho nitro benzene ring substituents is 1. The van der Waals surface area contributed by atoms with Gasteiger partial charge in [0.15, 0.2) is 6.61 Å². The maximum Gasteiger partial charge on any atom is 0.306 e. The first-order chi connectivity index (χ1) is 11.9. The Kier molecular flexibility index (Phi) is 5.36. The lowest BCUT2D eigenvalue weighted by Gasteiger charge is -2.20. The van der Waals surface area contributed by atoms with Crippen molar-refractivity contribution >= 4 is 39.2 Å². The molecule has 0 radical (unpaired) electrons. The Morgan fingerprint density at radius 3 is 2.72 bits per heavy atom. The molecule has 0 spiro atoms. The standard InChI is InChI=1S/C17H19BrN2O5/c18-14-8-13(20(23)24)3-4-15(14)19-16(21)9-25-17(22)7-12-6-10-1-2-11(12)5-10/h3-4,8,10-12H,1-2,5-7,9H2,(H,19,21)/t10-,11-,12-/m1/s1. The van der Waals surface area contributed by atoms with Crippen LogP contribution in [-0.4, -0.2) is 23.4 Å². The second kappa shape index (κ2) is 7.51.